The zero-order valence-corrected chi connectivity index (χ0v) is 14.3. The molecular weight excluding hydrogens is 368 g/mol. The van der Waals surface area contributed by atoms with Gasteiger partial charge >= 0.3 is 0 Å². The molecule has 2 aromatic heterocycles. The minimum atomic E-state index is -3.27. The molecule has 0 aliphatic carbocycles. The largest absolute Gasteiger partial charge is 0.368 e. The lowest BCUT2D eigenvalue weighted by molar-refractivity contribution is -0.162. The summed E-state index contributed by atoms with van der Waals surface area (Å²) in [6, 6.07) is 8.96. The average Bonchev–Trinajstić information content (AvgIpc) is 2.96. The van der Waals surface area contributed by atoms with Crippen LogP contribution in [0.25, 0.3) is 11.2 Å². The standard InChI is InChI=1S/C16H16ClF2N5O2/c17-13-12-14(23-15(20)22-13)24(9-21-12)8-16(18,19)6-11(25)26-7-10-4-2-1-3-5-10/h1-5,9,11,25H,6-8H2,(H2,20,22,23). The van der Waals surface area contributed by atoms with E-state index in [9.17, 15) is 13.9 Å². The zero-order valence-electron chi connectivity index (χ0n) is 13.5. The molecular formula is C16H16ClF2N5O2. The van der Waals surface area contributed by atoms with Gasteiger partial charge in [-0.15, -0.1) is 0 Å². The first kappa shape index (κ1) is 18.4. The smallest absolute Gasteiger partial charge is 0.270 e. The molecule has 0 amide bonds. The number of hydrogen-bond acceptors (Lipinski definition) is 6. The van der Waals surface area contributed by atoms with Gasteiger partial charge in [0.25, 0.3) is 5.92 Å². The number of aliphatic hydroxyl groups is 1. The summed E-state index contributed by atoms with van der Waals surface area (Å²) in [5, 5.41) is 9.77. The SMILES string of the molecule is Nc1nc(Cl)c2ncn(CC(F)(F)CC(O)OCc3ccccc3)c2n1. The predicted octanol–water partition coefficient (Wildman–Crippen LogP) is 2.62. The lowest BCUT2D eigenvalue weighted by atomic mass is 10.2. The summed E-state index contributed by atoms with van der Waals surface area (Å²) in [6.45, 7) is -0.729. The summed E-state index contributed by atoms with van der Waals surface area (Å²) >= 11 is 5.88. The van der Waals surface area contributed by atoms with Gasteiger partial charge in [-0.2, -0.15) is 9.97 Å². The van der Waals surface area contributed by atoms with Crippen LogP contribution in [0.2, 0.25) is 5.15 Å². The van der Waals surface area contributed by atoms with Crippen molar-refractivity contribution >= 4 is 28.7 Å². The summed E-state index contributed by atoms with van der Waals surface area (Å²) in [5.41, 5.74) is 6.55. The first-order valence-electron chi connectivity index (χ1n) is 7.69. The molecule has 0 saturated carbocycles. The van der Waals surface area contributed by atoms with Crippen molar-refractivity contribution in [1.29, 1.82) is 0 Å². The van der Waals surface area contributed by atoms with E-state index in [2.05, 4.69) is 15.0 Å². The molecule has 0 radical (unpaired) electrons. The maximum Gasteiger partial charge on any atom is 0.270 e. The number of aromatic nitrogens is 4. The Balaban J connectivity index is 1.65. The first-order chi connectivity index (χ1) is 12.3. The third kappa shape index (κ3) is 4.43. The van der Waals surface area contributed by atoms with E-state index in [1.165, 1.54) is 6.33 Å². The van der Waals surface area contributed by atoms with Crippen LogP contribution in [-0.4, -0.2) is 36.8 Å². The number of ether oxygens (including phenoxy) is 1. The van der Waals surface area contributed by atoms with Gasteiger partial charge < -0.3 is 20.1 Å². The van der Waals surface area contributed by atoms with Crippen molar-refractivity contribution in [3.8, 4) is 0 Å². The van der Waals surface area contributed by atoms with Gasteiger partial charge in [0.2, 0.25) is 5.95 Å². The van der Waals surface area contributed by atoms with E-state index in [1.807, 2.05) is 6.07 Å². The molecule has 7 nitrogen and oxygen atoms in total. The first-order valence-corrected chi connectivity index (χ1v) is 8.07. The van der Waals surface area contributed by atoms with Gasteiger partial charge in [0.05, 0.1) is 25.9 Å². The highest BCUT2D eigenvalue weighted by Crippen LogP contribution is 2.27. The molecule has 3 N–H and O–H groups in total. The molecule has 10 heteroatoms. The predicted molar refractivity (Wildman–Crippen MR) is 91.5 cm³/mol. The Labute approximate surface area is 152 Å². The van der Waals surface area contributed by atoms with Gasteiger partial charge in [-0.05, 0) is 5.56 Å². The average molecular weight is 384 g/mol. The van der Waals surface area contributed by atoms with Crippen LogP contribution in [0.5, 0.6) is 0 Å². The van der Waals surface area contributed by atoms with E-state index >= 15 is 0 Å². The summed E-state index contributed by atoms with van der Waals surface area (Å²) in [4.78, 5) is 11.5. The highest BCUT2D eigenvalue weighted by atomic mass is 35.5. The van der Waals surface area contributed by atoms with E-state index in [0.717, 1.165) is 10.1 Å². The normalized spacial score (nSPS) is 13.2. The van der Waals surface area contributed by atoms with Crippen LogP contribution in [0.15, 0.2) is 36.7 Å². The Hall–Kier alpha value is -2.36. The second kappa shape index (κ2) is 7.48. The van der Waals surface area contributed by atoms with Crippen LogP contribution in [-0.2, 0) is 17.9 Å². The number of anilines is 1. The lowest BCUT2D eigenvalue weighted by Gasteiger charge is -2.21. The summed E-state index contributed by atoms with van der Waals surface area (Å²) in [7, 11) is 0. The van der Waals surface area contributed by atoms with Crippen LogP contribution in [0, 0.1) is 0 Å². The van der Waals surface area contributed by atoms with Crippen molar-refractivity contribution in [2.24, 2.45) is 0 Å². The third-order valence-electron chi connectivity index (χ3n) is 3.60. The number of nitrogens with zero attached hydrogens (tertiary/aromatic N) is 4. The van der Waals surface area contributed by atoms with Gasteiger partial charge in [-0.25, -0.2) is 13.8 Å². The number of rotatable bonds is 7. The molecule has 0 spiro atoms. The molecule has 1 atom stereocenters. The third-order valence-corrected chi connectivity index (χ3v) is 3.86. The Morgan fingerprint density at radius 2 is 2.00 bits per heavy atom. The highest BCUT2D eigenvalue weighted by Gasteiger charge is 2.34. The van der Waals surface area contributed by atoms with Crippen molar-refractivity contribution in [2.75, 3.05) is 5.73 Å². The molecule has 0 aliphatic rings. The fraction of sp³-hybridized carbons (Fsp3) is 0.312. The van der Waals surface area contributed by atoms with Crippen molar-refractivity contribution in [2.45, 2.75) is 31.8 Å². The van der Waals surface area contributed by atoms with Crippen LogP contribution in [0.4, 0.5) is 14.7 Å². The molecule has 138 valence electrons. The number of nitrogens with two attached hydrogens (primary N) is 1. The van der Waals surface area contributed by atoms with Crippen molar-refractivity contribution in [1.82, 2.24) is 19.5 Å². The Morgan fingerprint density at radius 3 is 2.73 bits per heavy atom. The molecule has 0 aliphatic heterocycles. The van der Waals surface area contributed by atoms with Crippen LogP contribution in [0.3, 0.4) is 0 Å². The van der Waals surface area contributed by atoms with Crippen LogP contribution >= 0.6 is 11.6 Å². The van der Waals surface area contributed by atoms with Gasteiger partial charge in [-0.3, -0.25) is 0 Å². The maximum absolute atomic E-state index is 14.3. The molecule has 3 aromatic rings. The van der Waals surface area contributed by atoms with Gasteiger partial charge in [0, 0.05) is 0 Å². The van der Waals surface area contributed by atoms with Gasteiger partial charge in [0.1, 0.15) is 5.52 Å². The Morgan fingerprint density at radius 1 is 1.27 bits per heavy atom. The minimum Gasteiger partial charge on any atom is -0.368 e. The Bertz CT molecular complexity index is 891. The topological polar surface area (TPSA) is 99.1 Å². The zero-order chi connectivity index (χ0) is 18.7. The number of halogens is 3. The summed E-state index contributed by atoms with van der Waals surface area (Å²) in [6.07, 6.45) is -1.33. The second-order valence-corrected chi connectivity index (χ2v) is 6.09. The van der Waals surface area contributed by atoms with E-state index in [0.29, 0.717) is 0 Å². The fourth-order valence-electron chi connectivity index (χ4n) is 2.44. The van der Waals surface area contributed by atoms with E-state index in [4.69, 9.17) is 22.1 Å². The molecule has 1 aromatic carbocycles. The van der Waals surface area contributed by atoms with E-state index in [1.54, 1.807) is 24.3 Å². The number of aliphatic hydroxyl groups excluding tert-OH is 1. The maximum atomic E-state index is 14.3. The van der Waals surface area contributed by atoms with Crippen LogP contribution < -0.4 is 5.73 Å². The molecule has 3 rings (SSSR count). The molecule has 2 heterocycles. The summed E-state index contributed by atoms with van der Waals surface area (Å²) in [5.74, 6) is -3.41. The lowest BCUT2D eigenvalue weighted by Crippen LogP contribution is -2.30. The second-order valence-electron chi connectivity index (χ2n) is 5.73. The minimum absolute atomic E-state index is 0.0132. The number of fused-ring (bicyclic) bond motifs is 1. The molecule has 0 saturated heterocycles. The number of benzene rings is 1. The molecule has 26 heavy (non-hydrogen) atoms. The summed E-state index contributed by atoms with van der Waals surface area (Å²) < 4.78 is 34.8. The number of imidazole rings is 1. The number of alkyl halides is 2. The molecule has 1 unspecified atom stereocenters. The van der Waals surface area contributed by atoms with Gasteiger partial charge in [0.15, 0.2) is 17.1 Å². The van der Waals surface area contributed by atoms with E-state index < -0.39 is 25.2 Å². The highest BCUT2D eigenvalue weighted by molar-refractivity contribution is 6.33. The molecule has 0 bridgehead atoms. The van der Waals surface area contributed by atoms with E-state index in [-0.39, 0.29) is 28.9 Å². The van der Waals surface area contributed by atoms with Crippen LogP contribution in [0.1, 0.15) is 12.0 Å². The fourth-order valence-corrected chi connectivity index (χ4v) is 2.66. The van der Waals surface area contributed by atoms with Crippen molar-refractivity contribution in [3.63, 3.8) is 0 Å². The monoisotopic (exact) mass is 383 g/mol. The quantitative estimate of drug-likeness (QED) is 0.480. The van der Waals surface area contributed by atoms with Crippen molar-refractivity contribution < 1.29 is 18.6 Å². The van der Waals surface area contributed by atoms with Gasteiger partial charge in [-0.1, -0.05) is 41.9 Å². The molecule has 0 fully saturated rings. The number of nitrogen functional groups attached to an aromatic ring is 1. The Kier molecular flexibility index (Phi) is 5.30. The van der Waals surface area contributed by atoms with Crippen molar-refractivity contribution in [3.05, 3.63) is 47.4 Å². The number of hydrogen-bond donors (Lipinski definition) is 2.